The fourth-order valence-corrected chi connectivity index (χ4v) is 1.58. The Morgan fingerprint density at radius 2 is 1.84 bits per heavy atom. The molecule has 2 rings (SSSR count). The number of nitro groups is 1. The van der Waals surface area contributed by atoms with Crippen molar-refractivity contribution in [1.29, 1.82) is 0 Å². The number of hydrogen-bond acceptors (Lipinski definition) is 4. The molecule has 2 aromatic carbocycles. The zero-order chi connectivity index (χ0) is 13.7. The Labute approximate surface area is 110 Å². The second-order valence-corrected chi connectivity index (χ2v) is 3.77. The summed E-state index contributed by atoms with van der Waals surface area (Å²) >= 11 is 0. The van der Waals surface area contributed by atoms with Crippen LogP contribution in [-0.4, -0.2) is 18.2 Å². The lowest BCUT2D eigenvalue weighted by atomic mass is 10.2. The summed E-state index contributed by atoms with van der Waals surface area (Å²) in [6.45, 7) is 0. The highest BCUT2D eigenvalue weighted by Gasteiger charge is 2.09. The highest BCUT2D eigenvalue weighted by molar-refractivity contribution is 5.86. The van der Waals surface area contributed by atoms with Crippen LogP contribution in [0.3, 0.4) is 0 Å². The van der Waals surface area contributed by atoms with E-state index in [-0.39, 0.29) is 5.69 Å². The van der Waals surface area contributed by atoms with Gasteiger partial charge < -0.3 is 4.74 Å². The van der Waals surface area contributed by atoms with E-state index in [0.29, 0.717) is 11.3 Å². The molecule has 0 aromatic heterocycles. The lowest BCUT2D eigenvalue weighted by Gasteiger charge is -1.99. The number of para-hydroxylation sites is 1. The molecule has 0 radical (unpaired) electrons. The van der Waals surface area contributed by atoms with E-state index in [9.17, 15) is 10.1 Å². The van der Waals surface area contributed by atoms with Crippen molar-refractivity contribution >= 4 is 17.6 Å². The molecule has 0 unspecified atom stereocenters. The van der Waals surface area contributed by atoms with Gasteiger partial charge in [-0.15, -0.1) is 0 Å². The molecular formula is C14H12N2O3. The fraction of sp³-hybridized carbons (Fsp3) is 0.0714. The minimum atomic E-state index is -0.421. The second kappa shape index (κ2) is 5.77. The van der Waals surface area contributed by atoms with Gasteiger partial charge in [-0.2, -0.15) is 0 Å². The van der Waals surface area contributed by atoms with Gasteiger partial charge in [0.15, 0.2) is 0 Å². The van der Waals surface area contributed by atoms with Crippen molar-refractivity contribution in [3.63, 3.8) is 0 Å². The molecule has 5 heteroatoms. The third-order valence-electron chi connectivity index (χ3n) is 2.56. The minimum absolute atomic E-state index is 0.0414. The predicted molar refractivity (Wildman–Crippen MR) is 73.3 cm³/mol. The standard InChI is InChI=1S/C14H12N2O3/c1-19-13-8-6-12(7-9-13)15-10-11-4-2-3-5-14(11)16(17)18/h2-10H,1H3. The van der Waals surface area contributed by atoms with Gasteiger partial charge in [-0.25, -0.2) is 0 Å². The zero-order valence-corrected chi connectivity index (χ0v) is 10.3. The van der Waals surface area contributed by atoms with E-state index in [4.69, 9.17) is 4.74 Å². The van der Waals surface area contributed by atoms with Crippen LogP contribution in [0.5, 0.6) is 5.75 Å². The van der Waals surface area contributed by atoms with Gasteiger partial charge in [-0.05, 0) is 30.3 Å². The third kappa shape index (κ3) is 3.16. The summed E-state index contributed by atoms with van der Waals surface area (Å²) in [7, 11) is 1.59. The van der Waals surface area contributed by atoms with Crippen LogP contribution in [0.4, 0.5) is 11.4 Å². The molecule has 5 nitrogen and oxygen atoms in total. The SMILES string of the molecule is COc1ccc(N=Cc2ccccc2[N+](=O)[O-])cc1. The second-order valence-electron chi connectivity index (χ2n) is 3.77. The fourth-order valence-electron chi connectivity index (χ4n) is 1.58. The first-order valence-electron chi connectivity index (χ1n) is 5.62. The van der Waals surface area contributed by atoms with Gasteiger partial charge in [-0.1, -0.05) is 12.1 Å². The van der Waals surface area contributed by atoms with Crippen molar-refractivity contribution in [2.75, 3.05) is 7.11 Å². The molecule has 0 saturated carbocycles. The molecule has 0 atom stereocenters. The summed E-state index contributed by atoms with van der Waals surface area (Å²) in [6, 6.07) is 13.6. The van der Waals surface area contributed by atoms with E-state index in [1.165, 1.54) is 12.3 Å². The topological polar surface area (TPSA) is 64.7 Å². The molecule has 0 amide bonds. The maximum Gasteiger partial charge on any atom is 0.278 e. The van der Waals surface area contributed by atoms with Crippen LogP contribution in [0, 0.1) is 10.1 Å². The summed E-state index contributed by atoms with van der Waals surface area (Å²) in [5, 5.41) is 10.8. The number of hydrogen-bond donors (Lipinski definition) is 0. The summed E-state index contributed by atoms with van der Waals surface area (Å²) in [6.07, 6.45) is 1.49. The molecule has 19 heavy (non-hydrogen) atoms. The molecule has 0 fully saturated rings. The first-order valence-corrected chi connectivity index (χ1v) is 5.62. The molecule has 0 N–H and O–H groups in total. The Morgan fingerprint density at radius 3 is 2.47 bits per heavy atom. The number of methoxy groups -OCH3 is 1. The maximum atomic E-state index is 10.8. The van der Waals surface area contributed by atoms with E-state index in [0.717, 1.165) is 5.75 Å². The Morgan fingerprint density at radius 1 is 1.16 bits per heavy atom. The number of rotatable bonds is 4. The van der Waals surface area contributed by atoms with E-state index in [1.807, 2.05) is 0 Å². The molecule has 2 aromatic rings. The molecule has 0 aliphatic heterocycles. The Balaban J connectivity index is 2.24. The predicted octanol–water partition coefficient (Wildman–Crippen LogP) is 3.35. The first kappa shape index (κ1) is 12.8. The van der Waals surface area contributed by atoms with Crippen LogP contribution in [0.1, 0.15) is 5.56 Å². The van der Waals surface area contributed by atoms with Gasteiger partial charge >= 0.3 is 0 Å². The largest absolute Gasteiger partial charge is 0.497 e. The maximum absolute atomic E-state index is 10.8. The van der Waals surface area contributed by atoms with Crippen LogP contribution >= 0.6 is 0 Å². The molecular weight excluding hydrogens is 244 g/mol. The van der Waals surface area contributed by atoms with Gasteiger partial charge in [0.2, 0.25) is 0 Å². The zero-order valence-electron chi connectivity index (χ0n) is 10.3. The van der Waals surface area contributed by atoms with Crippen molar-refractivity contribution < 1.29 is 9.66 Å². The summed E-state index contributed by atoms with van der Waals surface area (Å²) in [4.78, 5) is 14.6. The van der Waals surface area contributed by atoms with Crippen LogP contribution in [0.2, 0.25) is 0 Å². The summed E-state index contributed by atoms with van der Waals surface area (Å²) in [5.41, 5.74) is 1.22. The van der Waals surface area contributed by atoms with Crippen LogP contribution in [0.15, 0.2) is 53.5 Å². The molecule has 0 heterocycles. The van der Waals surface area contributed by atoms with Crippen LogP contribution in [0.25, 0.3) is 0 Å². The highest BCUT2D eigenvalue weighted by Crippen LogP contribution is 2.19. The number of ether oxygens (including phenoxy) is 1. The smallest absolute Gasteiger partial charge is 0.278 e. The van der Waals surface area contributed by atoms with E-state index in [1.54, 1.807) is 49.6 Å². The Kier molecular flexibility index (Phi) is 3.87. The average Bonchev–Trinajstić information content (AvgIpc) is 2.46. The highest BCUT2D eigenvalue weighted by atomic mass is 16.6. The molecule has 0 aliphatic carbocycles. The lowest BCUT2D eigenvalue weighted by molar-refractivity contribution is -0.385. The van der Waals surface area contributed by atoms with Crippen molar-refractivity contribution in [2.24, 2.45) is 4.99 Å². The molecule has 0 aliphatic rings. The Hall–Kier alpha value is -2.69. The quantitative estimate of drug-likeness (QED) is 0.478. The average molecular weight is 256 g/mol. The van der Waals surface area contributed by atoms with Gasteiger partial charge in [0, 0.05) is 12.3 Å². The van der Waals surface area contributed by atoms with Crippen molar-refractivity contribution in [3.05, 3.63) is 64.2 Å². The summed E-state index contributed by atoms with van der Waals surface area (Å²) < 4.78 is 5.04. The number of nitro benzene ring substituents is 1. The van der Waals surface area contributed by atoms with Crippen LogP contribution in [-0.2, 0) is 0 Å². The summed E-state index contributed by atoms with van der Waals surface area (Å²) in [5.74, 6) is 0.740. The molecule has 0 bridgehead atoms. The third-order valence-corrected chi connectivity index (χ3v) is 2.56. The number of benzene rings is 2. The number of nitrogens with zero attached hydrogens (tertiary/aromatic N) is 2. The van der Waals surface area contributed by atoms with Gasteiger partial charge in [0.1, 0.15) is 5.75 Å². The van der Waals surface area contributed by atoms with Crippen molar-refractivity contribution in [1.82, 2.24) is 0 Å². The monoisotopic (exact) mass is 256 g/mol. The Bertz CT molecular complexity index is 606. The molecule has 0 saturated heterocycles. The van der Waals surface area contributed by atoms with Crippen LogP contribution < -0.4 is 4.74 Å². The van der Waals surface area contributed by atoms with Gasteiger partial charge in [0.05, 0.1) is 23.3 Å². The molecule has 96 valence electrons. The van der Waals surface area contributed by atoms with Crippen molar-refractivity contribution in [2.45, 2.75) is 0 Å². The lowest BCUT2D eigenvalue weighted by Crippen LogP contribution is -1.93. The van der Waals surface area contributed by atoms with Gasteiger partial charge in [0.25, 0.3) is 5.69 Å². The first-order chi connectivity index (χ1) is 9.20. The van der Waals surface area contributed by atoms with Crippen molar-refractivity contribution in [3.8, 4) is 5.75 Å². The normalized spacial score (nSPS) is 10.6. The van der Waals surface area contributed by atoms with Gasteiger partial charge in [-0.3, -0.25) is 15.1 Å². The van der Waals surface area contributed by atoms with E-state index in [2.05, 4.69) is 4.99 Å². The molecule has 0 spiro atoms. The number of aliphatic imine (C=N–C) groups is 1. The van der Waals surface area contributed by atoms with E-state index < -0.39 is 4.92 Å². The van der Waals surface area contributed by atoms with E-state index >= 15 is 0 Å². The minimum Gasteiger partial charge on any atom is -0.497 e.